The molecule has 0 aromatic heterocycles. The molecule has 13 heavy (non-hydrogen) atoms. The predicted molar refractivity (Wildman–Crippen MR) is 43.3 cm³/mol. The van der Waals surface area contributed by atoms with Crippen LogP contribution in [0, 0.1) is 5.92 Å². The Kier molecular flexibility index (Phi) is 3.59. The molecule has 1 atom stereocenters. The second-order valence-corrected chi connectivity index (χ2v) is 3.77. The van der Waals surface area contributed by atoms with Crippen LogP contribution in [0.2, 0.25) is 0 Å². The number of aliphatic hydroxyl groups excluding tert-OH is 1. The lowest BCUT2D eigenvalue weighted by molar-refractivity contribution is -0.137. The van der Waals surface area contributed by atoms with Crippen LogP contribution in [0.15, 0.2) is 0 Å². The molecule has 0 radical (unpaired) electrons. The topological polar surface area (TPSA) is 20.2 Å². The zero-order valence-electron chi connectivity index (χ0n) is 7.48. The van der Waals surface area contributed by atoms with Gasteiger partial charge in [0.15, 0.2) is 0 Å². The molecular formula is C9H15F3O. The third-order valence-corrected chi connectivity index (χ3v) is 2.65. The molecule has 1 nitrogen and oxygen atoms in total. The molecule has 0 aliphatic heterocycles. The van der Waals surface area contributed by atoms with Crippen LogP contribution in [-0.4, -0.2) is 17.4 Å². The van der Waals surface area contributed by atoms with Gasteiger partial charge in [-0.1, -0.05) is 6.42 Å². The van der Waals surface area contributed by atoms with Gasteiger partial charge in [0, 0.05) is 6.42 Å². The number of aliphatic hydroxyl groups is 1. The third kappa shape index (κ3) is 3.98. The van der Waals surface area contributed by atoms with E-state index in [0.29, 0.717) is 6.42 Å². The number of alkyl halides is 3. The van der Waals surface area contributed by atoms with Crippen LogP contribution in [0.1, 0.15) is 38.5 Å². The van der Waals surface area contributed by atoms with E-state index in [1.807, 2.05) is 0 Å². The Morgan fingerprint density at radius 3 is 2.31 bits per heavy atom. The van der Waals surface area contributed by atoms with Crippen LogP contribution in [0.25, 0.3) is 0 Å². The summed E-state index contributed by atoms with van der Waals surface area (Å²) in [6.07, 6.45) is -1.92. The molecule has 0 spiro atoms. The highest BCUT2D eigenvalue weighted by Gasteiger charge is 2.29. The highest BCUT2D eigenvalue weighted by atomic mass is 19.4. The lowest BCUT2D eigenvalue weighted by atomic mass is 9.79. The largest absolute Gasteiger partial charge is 0.393 e. The molecule has 1 fully saturated rings. The van der Waals surface area contributed by atoms with E-state index in [4.69, 9.17) is 0 Å². The second kappa shape index (κ2) is 4.31. The van der Waals surface area contributed by atoms with Crippen LogP contribution < -0.4 is 0 Å². The molecular weight excluding hydrogens is 181 g/mol. The molecule has 1 N–H and O–H groups in total. The average Bonchev–Trinajstić information content (AvgIpc) is 1.79. The Morgan fingerprint density at radius 1 is 1.31 bits per heavy atom. The van der Waals surface area contributed by atoms with Crippen molar-refractivity contribution in [2.75, 3.05) is 0 Å². The van der Waals surface area contributed by atoms with E-state index in [9.17, 15) is 18.3 Å². The van der Waals surface area contributed by atoms with E-state index >= 15 is 0 Å². The van der Waals surface area contributed by atoms with Gasteiger partial charge in [-0.15, -0.1) is 0 Å². The van der Waals surface area contributed by atoms with E-state index in [2.05, 4.69) is 0 Å². The van der Waals surface area contributed by atoms with Crippen LogP contribution in [0.4, 0.5) is 13.2 Å². The maximum Gasteiger partial charge on any atom is 0.389 e. The Hall–Kier alpha value is -0.250. The SMILES string of the molecule is OC(CCCC(F)(F)F)C1CCC1. The summed E-state index contributed by atoms with van der Waals surface area (Å²) >= 11 is 0. The summed E-state index contributed by atoms with van der Waals surface area (Å²) in [5.74, 6) is 0.272. The normalized spacial score (nSPS) is 21.2. The number of hydrogen-bond donors (Lipinski definition) is 1. The second-order valence-electron chi connectivity index (χ2n) is 3.77. The van der Waals surface area contributed by atoms with Crippen LogP contribution in [-0.2, 0) is 0 Å². The van der Waals surface area contributed by atoms with Gasteiger partial charge >= 0.3 is 6.18 Å². The lowest BCUT2D eigenvalue weighted by Crippen LogP contribution is -2.26. The predicted octanol–water partition coefficient (Wildman–Crippen LogP) is 2.88. The minimum Gasteiger partial charge on any atom is -0.393 e. The molecule has 1 rings (SSSR count). The van der Waals surface area contributed by atoms with E-state index in [1.54, 1.807) is 0 Å². The molecule has 0 aromatic carbocycles. The molecule has 0 saturated heterocycles. The van der Waals surface area contributed by atoms with Gasteiger partial charge in [-0.3, -0.25) is 0 Å². The van der Waals surface area contributed by atoms with Gasteiger partial charge in [0.05, 0.1) is 6.10 Å². The first-order chi connectivity index (χ1) is 5.99. The molecule has 78 valence electrons. The van der Waals surface area contributed by atoms with Crippen LogP contribution in [0.5, 0.6) is 0 Å². The molecule has 0 amide bonds. The quantitative estimate of drug-likeness (QED) is 0.733. The molecule has 1 saturated carbocycles. The summed E-state index contributed by atoms with van der Waals surface area (Å²) in [4.78, 5) is 0. The van der Waals surface area contributed by atoms with Crippen LogP contribution >= 0.6 is 0 Å². The summed E-state index contributed by atoms with van der Waals surface area (Å²) in [5.41, 5.74) is 0. The summed E-state index contributed by atoms with van der Waals surface area (Å²) < 4.78 is 35.2. The number of halogens is 3. The fourth-order valence-corrected chi connectivity index (χ4v) is 1.57. The molecule has 4 heteroatoms. The summed E-state index contributed by atoms with van der Waals surface area (Å²) in [6.45, 7) is 0. The Balaban J connectivity index is 2.04. The Bertz CT molecular complexity index is 151. The highest BCUT2D eigenvalue weighted by molar-refractivity contribution is 4.76. The van der Waals surface area contributed by atoms with Crippen molar-refractivity contribution in [3.05, 3.63) is 0 Å². The monoisotopic (exact) mass is 196 g/mol. The maximum atomic E-state index is 11.7. The van der Waals surface area contributed by atoms with Crippen molar-refractivity contribution >= 4 is 0 Å². The summed E-state index contributed by atoms with van der Waals surface area (Å²) in [5, 5.41) is 9.40. The standard InChI is InChI=1S/C9H15F3O/c10-9(11,12)6-2-5-8(13)7-3-1-4-7/h7-8,13H,1-6H2. The first-order valence-corrected chi connectivity index (χ1v) is 4.74. The van der Waals surface area contributed by atoms with Gasteiger partial charge in [0.25, 0.3) is 0 Å². The van der Waals surface area contributed by atoms with Crippen molar-refractivity contribution in [1.29, 1.82) is 0 Å². The summed E-state index contributed by atoms with van der Waals surface area (Å²) in [7, 11) is 0. The van der Waals surface area contributed by atoms with Crippen molar-refractivity contribution in [2.45, 2.75) is 50.8 Å². The van der Waals surface area contributed by atoms with Gasteiger partial charge in [-0.25, -0.2) is 0 Å². The van der Waals surface area contributed by atoms with E-state index in [0.717, 1.165) is 19.3 Å². The highest BCUT2D eigenvalue weighted by Crippen LogP contribution is 2.32. The fraction of sp³-hybridized carbons (Fsp3) is 1.00. The van der Waals surface area contributed by atoms with Crippen LogP contribution in [0.3, 0.4) is 0 Å². The minimum absolute atomic E-state index is 0.0567. The van der Waals surface area contributed by atoms with E-state index < -0.39 is 18.7 Å². The molecule has 1 unspecified atom stereocenters. The maximum absolute atomic E-state index is 11.7. The van der Waals surface area contributed by atoms with Gasteiger partial charge in [0.2, 0.25) is 0 Å². The third-order valence-electron chi connectivity index (χ3n) is 2.65. The zero-order valence-corrected chi connectivity index (χ0v) is 7.48. The number of rotatable bonds is 4. The fourth-order valence-electron chi connectivity index (χ4n) is 1.57. The summed E-state index contributed by atoms with van der Waals surface area (Å²) in [6, 6.07) is 0. The van der Waals surface area contributed by atoms with Gasteiger partial charge in [-0.2, -0.15) is 13.2 Å². The average molecular weight is 196 g/mol. The lowest BCUT2D eigenvalue weighted by Gasteiger charge is -2.30. The Labute approximate surface area is 75.9 Å². The van der Waals surface area contributed by atoms with Gasteiger partial charge < -0.3 is 5.11 Å². The van der Waals surface area contributed by atoms with Crippen molar-refractivity contribution in [1.82, 2.24) is 0 Å². The van der Waals surface area contributed by atoms with Crippen molar-refractivity contribution in [3.8, 4) is 0 Å². The molecule has 1 aliphatic rings. The smallest absolute Gasteiger partial charge is 0.389 e. The molecule has 0 heterocycles. The number of hydrogen-bond acceptors (Lipinski definition) is 1. The first-order valence-electron chi connectivity index (χ1n) is 4.74. The first kappa shape index (κ1) is 10.8. The van der Waals surface area contributed by atoms with Gasteiger partial charge in [0.1, 0.15) is 0 Å². The van der Waals surface area contributed by atoms with E-state index in [-0.39, 0.29) is 12.3 Å². The minimum atomic E-state index is -4.07. The zero-order chi connectivity index (χ0) is 9.90. The van der Waals surface area contributed by atoms with Crippen molar-refractivity contribution < 1.29 is 18.3 Å². The molecule has 1 aliphatic carbocycles. The van der Waals surface area contributed by atoms with Gasteiger partial charge in [-0.05, 0) is 31.6 Å². The molecule has 0 bridgehead atoms. The molecule has 0 aromatic rings. The Morgan fingerprint density at radius 2 is 1.92 bits per heavy atom. The van der Waals surface area contributed by atoms with Crippen molar-refractivity contribution in [2.24, 2.45) is 5.92 Å². The van der Waals surface area contributed by atoms with Crippen molar-refractivity contribution in [3.63, 3.8) is 0 Å². The van der Waals surface area contributed by atoms with E-state index in [1.165, 1.54) is 0 Å².